The number of amides is 1. The van der Waals surface area contributed by atoms with Crippen LogP contribution in [0.1, 0.15) is 11.1 Å². The Morgan fingerprint density at radius 1 is 1.30 bits per heavy atom. The fourth-order valence-corrected chi connectivity index (χ4v) is 2.34. The fraction of sp³-hybridized carbons (Fsp3) is 0.200. The minimum absolute atomic E-state index is 0.0216. The van der Waals surface area contributed by atoms with Crippen LogP contribution in [0.15, 0.2) is 36.7 Å². The van der Waals surface area contributed by atoms with Gasteiger partial charge in [-0.1, -0.05) is 0 Å². The van der Waals surface area contributed by atoms with Crippen LogP contribution in [0, 0.1) is 0 Å². The summed E-state index contributed by atoms with van der Waals surface area (Å²) in [5, 5.41) is 6.14. The standard InChI is InChI=1S/C15H16N4O/c16-12-7-11-8-15(20)19-13(11)9-14(12)18-6-3-10-1-4-17-5-2-10/h1-2,4-5,7,9,18H,3,6,8,16H2,(H,19,20). The van der Waals surface area contributed by atoms with Crippen LogP contribution in [0.5, 0.6) is 0 Å². The van der Waals surface area contributed by atoms with E-state index in [0.717, 1.165) is 29.9 Å². The number of nitrogens with zero attached hydrogens (tertiary/aromatic N) is 1. The zero-order valence-corrected chi connectivity index (χ0v) is 11.0. The predicted octanol–water partition coefficient (Wildman–Crippen LogP) is 1.81. The molecule has 3 rings (SSSR count). The molecule has 20 heavy (non-hydrogen) atoms. The average molecular weight is 268 g/mol. The van der Waals surface area contributed by atoms with Crippen molar-refractivity contribution in [3.63, 3.8) is 0 Å². The third-order valence-electron chi connectivity index (χ3n) is 3.38. The maximum Gasteiger partial charge on any atom is 0.228 e. The number of carbonyl (C=O) groups is 1. The Morgan fingerprint density at radius 2 is 2.10 bits per heavy atom. The number of nitrogens with two attached hydrogens (primary N) is 1. The van der Waals surface area contributed by atoms with Crippen molar-refractivity contribution in [3.05, 3.63) is 47.8 Å². The maximum atomic E-state index is 11.3. The molecule has 0 atom stereocenters. The molecule has 1 aliphatic heterocycles. The molecule has 0 radical (unpaired) electrons. The molecule has 0 spiro atoms. The van der Waals surface area contributed by atoms with Gasteiger partial charge in [-0.15, -0.1) is 0 Å². The second-order valence-corrected chi connectivity index (χ2v) is 4.85. The predicted molar refractivity (Wildman–Crippen MR) is 79.6 cm³/mol. The zero-order valence-electron chi connectivity index (χ0n) is 11.0. The highest BCUT2D eigenvalue weighted by atomic mass is 16.1. The third kappa shape index (κ3) is 2.56. The van der Waals surface area contributed by atoms with Gasteiger partial charge < -0.3 is 16.4 Å². The van der Waals surface area contributed by atoms with E-state index in [2.05, 4.69) is 15.6 Å². The number of aromatic nitrogens is 1. The summed E-state index contributed by atoms with van der Waals surface area (Å²) in [4.78, 5) is 15.3. The Bertz CT molecular complexity index is 640. The highest BCUT2D eigenvalue weighted by Crippen LogP contribution is 2.31. The van der Waals surface area contributed by atoms with Crippen LogP contribution in [-0.4, -0.2) is 17.4 Å². The van der Waals surface area contributed by atoms with Gasteiger partial charge in [0.2, 0.25) is 5.91 Å². The van der Waals surface area contributed by atoms with Gasteiger partial charge in [0, 0.05) is 24.6 Å². The van der Waals surface area contributed by atoms with Crippen molar-refractivity contribution in [2.45, 2.75) is 12.8 Å². The Balaban J connectivity index is 1.66. The maximum absolute atomic E-state index is 11.3. The van der Waals surface area contributed by atoms with Crippen molar-refractivity contribution in [2.75, 3.05) is 22.9 Å². The van der Waals surface area contributed by atoms with Crippen molar-refractivity contribution in [1.29, 1.82) is 0 Å². The molecule has 5 heteroatoms. The van der Waals surface area contributed by atoms with Gasteiger partial charge in [0.05, 0.1) is 17.8 Å². The lowest BCUT2D eigenvalue weighted by molar-refractivity contribution is -0.115. The van der Waals surface area contributed by atoms with Crippen molar-refractivity contribution in [1.82, 2.24) is 4.98 Å². The summed E-state index contributed by atoms with van der Waals surface area (Å²) in [5.41, 5.74) is 10.6. The number of carbonyl (C=O) groups excluding carboxylic acids is 1. The lowest BCUT2D eigenvalue weighted by Gasteiger charge is -2.11. The molecule has 102 valence electrons. The molecule has 0 saturated carbocycles. The second-order valence-electron chi connectivity index (χ2n) is 4.85. The molecule has 0 aliphatic carbocycles. The normalized spacial score (nSPS) is 12.9. The molecule has 1 aliphatic rings. The molecule has 1 aromatic heterocycles. The second kappa shape index (κ2) is 5.21. The van der Waals surface area contributed by atoms with Gasteiger partial charge in [-0.3, -0.25) is 9.78 Å². The van der Waals surface area contributed by atoms with Gasteiger partial charge in [-0.2, -0.15) is 0 Å². The van der Waals surface area contributed by atoms with Crippen LogP contribution in [0.4, 0.5) is 17.1 Å². The molecule has 4 N–H and O–H groups in total. The van der Waals surface area contributed by atoms with Crippen LogP contribution in [0.25, 0.3) is 0 Å². The van der Waals surface area contributed by atoms with Crippen LogP contribution < -0.4 is 16.4 Å². The van der Waals surface area contributed by atoms with E-state index in [0.29, 0.717) is 12.1 Å². The molecule has 1 aromatic carbocycles. The number of nitrogen functional groups attached to an aromatic ring is 1. The smallest absolute Gasteiger partial charge is 0.228 e. The number of pyridine rings is 1. The van der Waals surface area contributed by atoms with Crippen molar-refractivity contribution in [3.8, 4) is 0 Å². The summed E-state index contributed by atoms with van der Waals surface area (Å²) < 4.78 is 0. The summed E-state index contributed by atoms with van der Waals surface area (Å²) in [6.45, 7) is 0.779. The fourth-order valence-electron chi connectivity index (χ4n) is 2.34. The van der Waals surface area contributed by atoms with E-state index in [-0.39, 0.29) is 5.91 Å². The van der Waals surface area contributed by atoms with Gasteiger partial charge >= 0.3 is 0 Å². The van der Waals surface area contributed by atoms with Gasteiger partial charge in [-0.25, -0.2) is 0 Å². The molecular weight excluding hydrogens is 252 g/mol. The van der Waals surface area contributed by atoms with Crippen molar-refractivity contribution >= 4 is 23.0 Å². The minimum atomic E-state index is 0.0216. The summed E-state index contributed by atoms with van der Waals surface area (Å²) in [6, 6.07) is 7.76. The molecule has 0 saturated heterocycles. The largest absolute Gasteiger partial charge is 0.397 e. The van der Waals surface area contributed by atoms with Gasteiger partial charge in [0.25, 0.3) is 0 Å². The third-order valence-corrected chi connectivity index (χ3v) is 3.38. The lowest BCUT2D eigenvalue weighted by Crippen LogP contribution is -2.07. The first-order chi connectivity index (χ1) is 9.72. The minimum Gasteiger partial charge on any atom is -0.397 e. The quantitative estimate of drug-likeness (QED) is 0.739. The molecule has 0 bridgehead atoms. The number of hydrogen-bond donors (Lipinski definition) is 3. The molecule has 1 amide bonds. The number of hydrogen-bond acceptors (Lipinski definition) is 4. The van der Waals surface area contributed by atoms with Crippen LogP contribution in [0.2, 0.25) is 0 Å². The first-order valence-corrected chi connectivity index (χ1v) is 6.57. The van der Waals surface area contributed by atoms with E-state index in [9.17, 15) is 4.79 Å². The Hall–Kier alpha value is -2.56. The molecule has 2 aromatic rings. The number of rotatable bonds is 4. The molecule has 0 unspecified atom stereocenters. The average Bonchev–Trinajstić information content (AvgIpc) is 2.79. The Morgan fingerprint density at radius 3 is 2.90 bits per heavy atom. The first kappa shape index (κ1) is 12.5. The van der Waals surface area contributed by atoms with Crippen LogP contribution in [0.3, 0.4) is 0 Å². The summed E-state index contributed by atoms with van der Waals surface area (Å²) in [6.07, 6.45) is 4.88. The van der Waals surface area contributed by atoms with E-state index in [1.807, 2.05) is 24.3 Å². The Kier molecular flexibility index (Phi) is 3.25. The van der Waals surface area contributed by atoms with E-state index >= 15 is 0 Å². The van der Waals surface area contributed by atoms with Gasteiger partial charge in [0.15, 0.2) is 0 Å². The van der Waals surface area contributed by atoms with Crippen molar-refractivity contribution < 1.29 is 4.79 Å². The molecule has 2 heterocycles. The molecular formula is C15H16N4O. The topological polar surface area (TPSA) is 80.0 Å². The number of fused-ring (bicyclic) bond motifs is 1. The molecule has 5 nitrogen and oxygen atoms in total. The summed E-state index contributed by atoms with van der Waals surface area (Å²) in [7, 11) is 0. The monoisotopic (exact) mass is 268 g/mol. The number of anilines is 3. The van der Waals surface area contributed by atoms with E-state index in [4.69, 9.17) is 5.73 Å². The van der Waals surface area contributed by atoms with Gasteiger partial charge in [0.1, 0.15) is 0 Å². The lowest BCUT2D eigenvalue weighted by atomic mass is 10.1. The van der Waals surface area contributed by atoms with Gasteiger partial charge in [-0.05, 0) is 41.8 Å². The summed E-state index contributed by atoms with van der Waals surface area (Å²) >= 11 is 0. The van der Waals surface area contributed by atoms with E-state index in [1.54, 1.807) is 12.4 Å². The van der Waals surface area contributed by atoms with E-state index in [1.165, 1.54) is 5.56 Å². The molecule has 0 fully saturated rings. The highest BCUT2D eigenvalue weighted by Gasteiger charge is 2.19. The SMILES string of the molecule is Nc1cc2c(cc1NCCc1ccncc1)NC(=O)C2. The number of nitrogens with one attached hydrogen (secondary N) is 2. The van der Waals surface area contributed by atoms with E-state index < -0.39 is 0 Å². The zero-order chi connectivity index (χ0) is 13.9. The Labute approximate surface area is 117 Å². The highest BCUT2D eigenvalue weighted by molar-refractivity contribution is 6.00. The first-order valence-electron chi connectivity index (χ1n) is 6.57. The summed E-state index contributed by atoms with van der Waals surface area (Å²) in [5.74, 6) is 0.0216. The van der Waals surface area contributed by atoms with Crippen LogP contribution >= 0.6 is 0 Å². The number of benzene rings is 1. The van der Waals surface area contributed by atoms with Crippen LogP contribution in [-0.2, 0) is 17.6 Å². The van der Waals surface area contributed by atoms with Crippen molar-refractivity contribution in [2.24, 2.45) is 0 Å².